The lowest BCUT2D eigenvalue weighted by Crippen LogP contribution is -2.30. The normalized spacial score (nSPS) is 11.6. The van der Waals surface area contributed by atoms with E-state index in [-0.39, 0.29) is 11.6 Å². The second-order valence-electron chi connectivity index (χ2n) is 9.53. The van der Waals surface area contributed by atoms with Crippen molar-refractivity contribution in [3.63, 3.8) is 0 Å². The molecule has 1 aromatic heterocycles. The number of carbonyl (C=O) groups is 3. The van der Waals surface area contributed by atoms with Gasteiger partial charge in [0.15, 0.2) is 11.5 Å². The number of thioether (sulfide) groups is 1. The largest absolute Gasteiger partial charge is 0.496 e. The first kappa shape index (κ1) is 32.6. The van der Waals surface area contributed by atoms with Crippen LogP contribution in [-0.2, 0) is 9.59 Å². The summed E-state index contributed by atoms with van der Waals surface area (Å²) in [5.74, 6) is 0.530. The third kappa shape index (κ3) is 8.87. The van der Waals surface area contributed by atoms with E-state index in [0.717, 1.165) is 4.90 Å². The van der Waals surface area contributed by atoms with E-state index in [1.54, 1.807) is 85.1 Å². The van der Waals surface area contributed by atoms with Crippen molar-refractivity contribution in [1.29, 1.82) is 0 Å². The molecule has 1 unspecified atom stereocenters. The predicted octanol–water partition coefficient (Wildman–Crippen LogP) is 6.03. The predicted molar refractivity (Wildman–Crippen MR) is 176 cm³/mol. The number of ether oxygens (including phenoxy) is 3. The Balaban J connectivity index is 1.60. The second kappa shape index (κ2) is 16.0. The van der Waals surface area contributed by atoms with E-state index < -0.39 is 17.1 Å². The Hall–Kier alpha value is -5.29. The quantitative estimate of drug-likeness (QED) is 0.121. The van der Waals surface area contributed by atoms with Gasteiger partial charge in [0, 0.05) is 34.0 Å². The molecule has 3 aromatic carbocycles. The first-order chi connectivity index (χ1) is 21.8. The van der Waals surface area contributed by atoms with Gasteiger partial charge < -0.3 is 30.2 Å². The molecule has 1 atom stereocenters. The number of nitrogens with one attached hydrogen (secondary N) is 3. The van der Waals surface area contributed by atoms with E-state index in [1.165, 1.54) is 39.2 Å². The van der Waals surface area contributed by atoms with Crippen LogP contribution in [0.2, 0.25) is 0 Å². The molecule has 0 aliphatic rings. The van der Waals surface area contributed by atoms with Gasteiger partial charge in [-0.1, -0.05) is 37.3 Å². The van der Waals surface area contributed by atoms with Crippen LogP contribution in [-0.4, -0.2) is 49.3 Å². The van der Waals surface area contributed by atoms with Gasteiger partial charge in [-0.25, -0.2) is 4.98 Å². The average molecular weight is 627 g/mol. The fourth-order valence-corrected chi connectivity index (χ4v) is 5.25. The van der Waals surface area contributed by atoms with Crippen LogP contribution in [0.5, 0.6) is 17.2 Å². The van der Waals surface area contributed by atoms with Crippen LogP contribution in [0.15, 0.2) is 102 Å². The number of benzene rings is 3. The van der Waals surface area contributed by atoms with Gasteiger partial charge >= 0.3 is 0 Å². The van der Waals surface area contributed by atoms with Crippen molar-refractivity contribution in [2.45, 2.75) is 23.5 Å². The second-order valence-corrected chi connectivity index (χ2v) is 10.8. The molecule has 0 radical (unpaired) electrons. The zero-order valence-corrected chi connectivity index (χ0v) is 26.1. The van der Waals surface area contributed by atoms with Crippen LogP contribution in [0.3, 0.4) is 0 Å². The van der Waals surface area contributed by atoms with Gasteiger partial charge in [0.25, 0.3) is 11.8 Å². The number of rotatable bonds is 13. The monoisotopic (exact) mass is 626 g/mol. The van der Waals surface area contributed by atoms with Gasteiger partial charge in [-0.15, -0.1) is 11.8 Å². The number of hydrogen-bond acceptors (Lipinski definition) is 8. The van der Waals surface area contributed by atoms with E-state index in [9.17, 15) is 14.4 Å². The van der Waals surface area contributed by atoms with Crippen LogP contribution >= 0.6 is 11.8 Å². The van der Waals surface area contributed by atoms with E-state index >= 15 is 0 Å². The van der Waals surface area contributed by atoms with Gasteiger partial charge in [-0.2, -0.15) is 0 Å². The van der Waals surface area contributed by atoms with Crippen LogP contribution in [0.1, 0.15) is 29.3 Å². The third-order valence-corrected chi connectivity index (χ3v) is 7.87. The number of pyridine rings is 1. The molecule has 0 bridgehead atoms. The Kier molecular flexibility index (Phi) is 11.6. The molecule has 232 valence electrons. The molecule has 0 aliphatic heterocycles. The highest BCUT2D eigenvalue weighted by atomic mass is 32.2. The van der Waals surface area contributed by atoms with Gasteiger partial charge in [-0.3, -0.25) is 14.4 Å². The Morgan fingerprint density at radius 3 is 2.20 bits per heavy atom. The molecule has 11 heteroatoms. The Morgan fingerprint density at radius 2 is 1.53 bits per heavy atom. The minimum Gasteiger partial charge on any atom is -0.496 e. The summed E-state index contributed by atoms with van der Waals surface area (Å²) in [7, 11) is 4.50. The number of hydrogen-bond donors (Lipinski definition) is 3. The minimum absolute atomic E-state index is 0.0337. The summed E-state index contributed by atoms with van der Waals surface area (Å²) in [5, 5.41) is 8.04. The molecule has 0 fully saturated rings. The average Bonchev–Trinajstić information content (AvgIpc) is 3.07. The standard InChI is InChI=1S/C34H34N4O6S/c1-5-30(34(41)38-31-16-9-10-17-35-31)45-25-15-11-14-24(20-25)36-33(40)26(37-32(39)22-12-7-6-8-13-22)18-23-19-28(43-3)29(44-4)21-27(23)42-2/h6-21,30H,5H2,1-4H3,(H,36,40)(H,37,39)(H,35,38,41)/b26-18+. The molecule has 0 saturated heterocycles. The fourth-order valence-electron chi connectivity index (χ4n) is 4.24. The smallest absolute Gasteiger partial charge is 0.272 e. The SMILES string of the molecule is CCC(Sc1cccc(NC(=O)/C(=C\c2cc(OC)c(OC)cc2OC)NC(=O)c2ccccc2)c1)C(=O)Nc1ccccn1. The highest BCUT2D eigenvalue weighted by Gasteiger charge is 2.20. The maximum absolute atomic E-state index is 13.7. The summed E-state index contributed by atoms with van der Waals surface area (Å²) >= 11 is 1.37. The van der Waals surface area contributed by atoms with Crippen molar-refractivity contribution in [3.8, 4) is 17.2 Å². The highest BCUT2D eigenvalue weighted by Crippen LogP contribution is 2.36. The molecule has 0 saturated carbocycles. The summed E-state index contributed by atoms with van der Waals surface area (Å²) in [6.07, 6.45) is 3.69. The van der Waals surface area contributed by atoms with E-state index in [4.69, 9.17) is 14.2 Å². The van der Waals surface area contributed by atoms with Crippen LogP contribution < -0.4 is 30.2 Å². The highest BCUT2D eigenvalue weighted by molar-refractivity contribution is 8.00. The lowest BCUT2D eigenvalue weighted by Gasteiger charge is -2.16. The number of nitrogens with zero attached hydrogens (tertiary/aromatic N) is 1. The maximum Gasteiger partial charge on any atom is 0.272 e. The van der Waals surface area contributed by atoms with Crippen molar-refractivity contribution in [1.82, 2.24) is 10.3 Å². The molecular formula is C34H34N4O6S. The lowest BCUT2D eigenvalue weighted by molar-refractivity contribution is -0.116. The van der Waals surface area contributed by atoms with Gasteiger partial charge in [-0.05, 0) is 61.0 Å². The molecule has 4 aromatic rings. The van der Waals surface area contributed by atoms with Crippen LogP contribution in [0.4, 0.5) is 11.5 Å². The number of amides is 3. The fraction of sp³-hybridized carbons (Fsp3) is 0.176. The molecular weight excluding hydrogens is 592 g/mol. The van der Waals surface area contributed by atoms with E-state index in [2.05, 4.69) is 20.9 Å². The molecule has 45 heavy (non-hydrogen) atoms. The number of methoxy groups -OCH3 is 3. The summed E-state index contributed by atoms with van der Waals surface area (Å²) in [6.45, 7) is 1.93. The lowest BCUT2D eigenvalue weighted by atomic mass is 10.1. The molecule has 1 heterocycles. The maximum atomic E-state index is 13.7. The van der Waals surface area contributed by atoms with E-state index in [1.807, 2.05) is 13.0 Å². The zero-order chi connectivity index (χ0) is 32.2. The summed E-state index contributed by atoms with van der Waals surface area (Å²) in [5.41, 5.74) is 1.30. The molecule has 0 spiro atoms. The number of aromatic nitrogens is 1. The van der Waals surface area contributed by atoms with Crippen molar-refractivity contribution in [2.24, 2.45) is 0 Å². The van der Waals surface area contributed by atoms with Crippen LogP contribution in [0.25, 0.3) is 6.08 Å². The van der Waals surface area contributed by atoms with Gasteiger partial charge in [0.2, 0.25) is 5.91 Å². The first-order valence-corrected chi connectivity index (χ1v) is 14.9. The molecule has 3 N–H and O–H groups in total. The Morgan fingerprint density at radius 1 is 0.822 bits per heavy atom. The third-order valence-electron chi connectivity index (χ3n) is 6.51. The van der Waals surface area contributed by atoms with Crippen molar-refractivity contribution in [2.75, 3.05) is 32.0 Å². The van der Waals surface area contributed by atoms with Gasteiger partial charge in [0.1, 0.15) is 17.3 Å². The molecule has 0 aliphatic carbocycles. The zero-order valence-electron chi connectivity index (χ0n) is 25.3. The van der Waals surface area contributed by atoms with Crippen LogP contribution in [0, 0.1) is 0 Å². The van der Waals surface area contributed by atoms with Crippen molar-refractivity contribution in [3.05, 3.63) is 108 Å². The van der Waals surface area contributed by atoms with E-state index in [0.29, 0.717) is 46.3 Å². The Labute approximate surface area is 266 Å². The summed E-state index contributed by atoms with van der Waals surface area (Å²) in [4.78, 5) is 44.7. The number of anilines is 2. The summed E-state index contributed by atoms with van der Waals surface area (Å²) < 4.78 is 16.3. The molecule has 10 nitrogen and oxygen atoms in total. The van der Waals surface area contributed by atoms with Crippen molar-refractivity contribution < 1.29 is 28.6 Å². The summed E-state index contributed by atoms with van der Waals surface area (Å²) in [6, 6.07) is 24.3. The van der Waals surface area contributed by atoms with Gasteiger partial charge in [0.05, 0.1) is 26.6 Å². The molecule has 3 amide bonds. The van der Waals surface area contributed by atoms with Crippen molar-refractivity contribution >= 4 is 47.1 Å². The number of carbonyl (C=O) groups excluding carboxylic acids is 3. The first-order valence-electron chi connectivity index (χ1n) is 14.0. The molecule has 4 rings (SSSR count). The Bertz CT molecular complexity index is 1660. The minimum atomic E-state index is -0.571. The topological polar surface area (TPSA) is 128 Å².